The van der Waals surface area contributed by atoms with Crippen molar-refractivity contribution in [3.63, 3.8) is 0 Å². The largest absolute Gasteiger partial charge is 0.303 e. The molecule has 0 bridgehead atoms. The van der Waals surface area contributed by atoms with Crippen LogP contribution in [0, 0.1) is 11.3 Å². The van der Waals surface area contributed by atoms with Crippen LogP contribution < -0.4 is 0 Å². The molecule has 0 saturated carbocycles. The Morgan fingerprint density at radius 2 is 1.92 bits per heavy atom. The third kappa shape index (κ3) is 3.83. The molecular formula is C11H18N2. The molecule has 0 fully saturated rings. The highest BCUT2D eigenvalue weighted by molar-refractivity contribution is 5.97. The molecule has 0 aromatic carbocycles. The van der Waals surface area contributed by atoms with Crippen LogP contribution in [0.25, 0.3) is 0 Å². The van der Waals surface area contributed by atoms with E-state index in [2.05, 4.69) is 4.98 Å². The van der Waals surface area contributed by atoms with Crippen LogP contribution in [0.2, 0.25) is 0 Å². The van der Waals surface area contributed by atoms with Crippen LogP contribution in [0.1, 0.15) is 33.4 Å². The van der Waals surface area contributed by atoms with E-state index in [9.17, 15) is 0 Å². The molecule has 1 heterocycles. The second-order valence-corrected chi connectivity index (χ2v) is 2.78. The Hall–Kier alpha value is -1.18. The van der Waals surface area contributed by atoms with Crippen LogP contribution in [-0.2, 0) is 0 Å². The molecule has 0 saturated heterocycles. The lowest BCUT2D eigenvalue weighted by Gasteiger charge is -2.04. The molecule has 1 aromatic rings. The summed E-state index contributed by atoms with van der Waals surface area (Å²) < 4.78 is 0. The Bertz CT molecular complexity index is 240. The minimum atomic E-state index is 0.255. The number of aromatic nitrogens is 1. The zero-order valence-electron chi connectivity index (χ0n) is 8.83. The summed E-state index contributed by atoms with van der Waals surface area (Å²) in [5.74, 6) is 0.255. The topological polar surface area (TPSA) is 36.7 Å². The molecule has 0 aliphatic carbocycles. The highest BCUT2D eigenvalue weighted by Gasteiger charge is 2.05. The average molecular weight is 178 g/mol. The van der Waals surface area contributed by atoms with Gasteiger partial charge < -0.3 is 5.41 Å². The molecule has 2 heteroatoms. The fraction of sp³-hybridized carbons (Fsp3) is 0.455. The summed E-state index contributed by atoms with van der Waals surface area (Å²) in [6.07, 6.45) is 1.71. The monoisotopic (exact) mass is 178 g/mol. The molecule has 0 unspecified atom stereocenters. The second kappa shape index (κ2) is 6.35. The second-order valence-electron chi connectivity index (χ2n) is 2.78. The highest BCUT2D eigenvalue weighted by atomic mass is 14.7. The average Bonchev–Trinajstić information content (AvgIpc) is 2.21. The van der Waals surface area contributed by atoms with E-state index in [1.54, 1.807) is 6.20 Å². The van der Waals surface area contributed by atoms with E-state index in [-0.39, 0.29) is 5.92 Å². The normalized spacial score (nSPS) is 9.00. The Balaban J connectivity index is 0.000000671. The van der Waals surface area contributed by atoms with Crippen molar-refractivity contribution in [3.05, 3.63) is 30.1 Å². The van der Waals surface area contributed by atoms with Gasteiger partial charge in [0, 0.05) is 6.20 Å². The molecule has 13 heavy (non-hydrogen) atoms. The lowest BCUT2D eigenvalue weighted by molar-refractivity contribution is 0.872. The first kappa shape index (κ1) is 11.8. The fourth-order valence-corrected chi connectivity index (χ4v) is 0.818. The lowest BCUT2D eigenvalue weighted by Crippen LogP contribution is -2.08. The molecule has 0 radical (unpaired) electrons. The van der Waals surface area contributed by atoms with E-state index in [1.807, 2.05) is 45.9 Å². The van der Waals surface area contributed by atoms with Crippen LogP contribution in [-0.4, -0.2) is 10.7 Å². The van der Waals surface area contributed by atoms with Gasteiger partial charge in [-0.2, -0.15) is 0 Å². The molecule has 0 aliphatic heterocycles. The van der Waals surface area contributed by atoms with E-state index in [1.165, 1.54) is 0 Å². The molecule has 2 nitrogen and oxygen atoms in total. The molecule has 0 spiro atoms. The summed E-state index contributed by atoms with van der Waals surface area (Å²) in [5, 5.41) is 7.62. The fourth-order valence-electron chi connectivity index (χ4n) is 0.818. The number of rotatable bonds is 2. The molecule has 0 aliphatic rings. The van der Waals surface area contributed by atoms with Crippen LogP contribution >= 0.6 is 0 Å². The molecule has 1 N–H and O–H groups in total. The molecular weight excluding hydrogens is 160 g/mol. The van der Waals surface area contributed by atoms with Gasteiger partial charge in [0.05, 0.1) is 11.4 Å². The van der Waals surface area contributed by atoms with Crippen molar-refractivity contribution in [1.29, 1.82) is 5.41 Å². The van der Waals surface area contributed by atoms with Gasteiger partial charge in [-0.15, -0.1) is 0 Å². The third-order valence-corrected chi connectivity index (χ3v) is 1.52. The zero-order valence-corrected chi connectivity index (χ0v) is 8.83. The van der Waals surface area contributed by atoms with Crippen LogP contribution in [0.3, 0.4) is 0 Å². The lowest BCUT2D eigenvalue weighted by atomic mass is 10.1. The van der Waals surface area contributed by atoms with E-state index < -0.39 is 0 Å². The third-order valence-electron chi connectivity index (χ3n) is 1.52. The van der Waals surface area contributed by atoms with Crippen molar-refractivity contribution >= 4 is 5.71 Å². The number of hydrogen-bond donors (Lipinski definition) is 1. The Morgan fingerprint density at radius 1 is 1.31 bits per heavy atom. The van der Waals surface area contributed by atoms with Crippen molar-refractivity contribution in [2.45, 2.75) is 27.7 Å². The summed E-state index contributed by atoms with van der Waals surface area (Å²) in [6, 6.07) is 5.62. The summed E-state index contributed by atoms with van der Waals surface area (Å²) in [6.45, 7) is 7.99. The number of pyridine rings is 1. The van der Waals surface area contributed by atoms with Crippen molar-refractivity contribution in [2.24, 2.45) is 5.92 Å². The molecule has 0 atom stereocenters. The van der Waals surface area contributed by atoms with Gasteiger partial charge in [0.15, 0.2) is 0 Å². The van der Waals surface area contributed by atoms with Gasteiger partial charge in [0.2, 0.25) is 0 Å². The van der Waals surface area contributed by atoms with Crippen molar-refractivity contribution in [3.8, 4) is 0 Å². The number of nitrogens with zero attached hydrogens (tertiary/aromatic N) is 1. The molecule has 1 rings (SSSR count). The van der Waals surface area contributed by atoms with Gasteiger partial charge >= 0.3 is 0 Å². The van der Waals surface area contributed by atoms with E-state index in [0.29, 0.717) is 5.71 Å². The minimum Gasteiger partial charge on any atom is -0.303 e. The maximum absolute atomic E-state index is 7.62. The van der Waals surface area contributed by atoms with Crippen molar-refractivity contribution < 1.29 is 0 Å². The predicted octanol–water partition coefficient (Wildman–Crippen LogP) is 3.13. The summed E-state index contributed by atoms with van der Waals surface area (Å²) >= 11 is 0. The standard InChI is InChI=1S/C9H12N2.C2H6/c1-7(2)9(10)8-5-3-4-6-11-8;1-2/h3-7,10H,1-2H3;1-2H3. The molecule has 72 valence electrons. The smallest absolute Gasteiger partial charge is 0.0839 e. The number of hydrogen-bond acceptors (Lipinski definition) is 2. The first-order valence-corrected chi connectivity index (χ1v) is 4.71. The van der Waals surface area contributed by atoms with E-state index in [4.69, 9.17) is 5.41 Å². The van der Waals surface area contributed by atoms with Gasteiger partial charge in [-0.3, -0.25) is 4.98 Å². The Morgan fingerprint density at radius 3 is 2.31 bits per heavy atom. The zero-order chi connectivity index (χ0) is 10.3. The predicted molar refractivity (Wildman–Crippen MR) is 57.3 cm³/mol. The van der Waals surface area contributed by atoms with Crippen molar-refractivity contribution in [2.75, 3.05) is 0 Å². The quantitative estimate of drug-likeness (QED) is 0.694. The minimum absolute atomic E-state index is 0.255. The van der Waals surface area contributed by atoms with Crippen LogP contribution in [0.15, 0.2) is 24.4 Å². The first-order chi connectivity index (χ1) is 6.22. The molecule has 0 amide bonds. The van der Waals surface area contributed by atoms with E-state index in [0.717, 1.165) is 5.69 Å². The first-order valence-electron chi connectivity index (χ1n) is 4.71. The maximum atomic E-state index is 7.62. The van der Waals surface area contributed by atoms with Gasteiger partial charge in [-0.25, -0.2) is 0 Å². The highest BCUT2D eigenvalue weighted by Crippen LogP contribution is 2.03. The van der Waals surface area contributed by atoms with Gasteiger partial charge in [0.1, 0.15) is 0 Å². The SMILES string of the molecule is CC.CC(C)C(=N)c1ccccn1. The summed E-state index contributed by atoms with van der Waals surface area (Å²) in [7, 11) is 0. The van der Waals surface area contributed by atoms with Crippen LogP contribution in [0.4, 0.5) is 0 Å². The van der Waals surface area contributed by atoms with Crippen LogP contribution in [0.5, 0.6) is 0 Å². The molecule has 1 aromatic heterocycles. The van der Waals surface area contributed by atoms with Gasteiger partial charge in [-0.1, -0.05) is 33.8 Å². The Kier molecular flexibility index (Phi) is 5.77. The maximum Gasteiger partial charge on any atom is 0.0839 e. The number of nitrogens with one attached hydrogen (secondary N) is 1. The summed E-state index contributed by atoms with van der Waals surface area (Å²) in [5.41, 5.74) is 1.38. The van der Waals surface area contributed by atoms with Crippen molar-refractivity contribution in [1.82, 2.24) is 4.98 Å². The van der Waals surface area contributed by atoms with Gasteiger partial charge in [-0.05, 0) is 18.1 Å². The van der Waals surface area contributed by atoms with Gasteiger partial charge in [0.25, 0.3) is 0 Å². The van der Waals surface area contributed by atoms with E-state index >= 15 is 0 Å². The Labute approximate surface area is 80.5 Å². The summed E-state index contributed by atoms with van der Waals surface area (Å²) in [4.78, 5) is 4.08.